The van der Waals surface area contributed by atoms with Gasteiger partial charge in [-0.15, -0.1) is 0 Å². The van der Waals surface area contributed by atoms with E-state index in [1.165, 1.54) is 7.11 Å². The fourth-order valence-electron chi connectivity index (χ4n) is 2.84. The van der Waals surface area contributed by atoms with Gasteiger partial charge in [-0.25, -0.2) is 4.79 Å². The summed E-state index contributed by atoms with van der Waals surface area (Å²) in [6.45, 7) is 3.21. The number of alkyl halides is 3. The maximum atomic E-state index is 13.1. The molecule has 0 spiro atoms. The molecule has 0 fully saturated rings. The van der Waals surface area contributed by atoms with E-state index in [4.69, 9.17) is 19.3 Å². The first-order chi connectivity index (χ1) is 12.6. The number of carbonyl (C=O) groups is 1. The molecule has 0 unspecified atom stereocenters. The van der Waals surface area contributed by atoms with Gasteiger partial charge >= 0.3 is 12.1 Å². The number of hydrogen-bond donors (Lipinski definition) is 1. The third kappa shape index (κ3) is 8.73. The van der Waals surface area contributed by atoms with Gasteiger partial charge in [0.2, 0.25) is 0 Å². The Bertz CT molecular complexity index is 566. The topological polar surface area (TPSA) is 65.0 Å². The van der Waals surface area contributed by atoms with Crippen molar-refractivity contribution < 1.29 is 37.3 Å². The zero-order valence-electron chi connectivity index (χ0n) is 15.8. The molecule has 0 saturated heterocycles. The minimum Gasteiger partial charge on any atom is -0.480 e. The summed E-state index contributed by atoms with van der Waals surface area (Å²) < 4.78 is 55.4. The summed E-state index contributed by atoms with van der Waals surface area (Å²) in [4.78, 5) is 10.9. The highest BCUT2D eigenvalue weighted by atomic mass is 19.4. The number of carboxylic acids is 1. The average molecular weight is 392 g/mol. The Kier molecular flexibility index (Phi) is 9.76. The number of aliphatic carboxylic acids is 1. The second-order valence-corrected chi connectivity index (χ2v) is 6.45. The summed E-state index contributed by atoms with van der Waals surface area (Å²) in [6.07, 6.45) is 0.550. The van der Waals surface area contributed by atoms with E-state index in [2.05, 4.69) is 0 Å². The van der Waals surface area contributed by atoms with Crippen LogP contribution in [0.4, 0.5) is 13.2 Å². The predicted octanol–water partition coefficient (Wildman–Crippen LogP) is 3.91. The Hall–Kier alpha value is -1.64. The normalized spacial score (nSPS) is 31.1. The van der Waals surface area contributed by atoms with Crippen LogP contribution < -0.4 is 0 Å². The smallest absolute Gasteiger partial charge is 0.412 e. The SMILES string of the molecule is CO[C@H]1/C=C/CC/C(C(F)(F)F)=C/COC/C(C)=C\[C@@H](C)[C@@H]1OCC(=O)O. The number of hydrogen-bond acceptors (Lipinski definition) is 4. The molecule has 0 amide bonds. The fourth-order valence-corrected chi connectivity index (χ4v) is 2.84. The van der Waals surface area contributed by atoms with Crippen molar-refractivity contribution in [2.75, 3.05) is 26.9 Å². The molecule has 0 aromatic carbocycles. The standard InChI is InChI=1S/C19H27F3O5/c1-13-10-14(2)18(27-12-17(23)24)16(25-3)7-5-4-6-15(19(20,21)22)8-9-26-11-13/h5,7-8,10,14,16,18H,4,6,9,11-12H2,1-3H3,(H,23,24)/b7-5+,13-10-,15-8-/t14-,16+,18+/m1/s1. The van der Waals surface area contributed by atoms with Crippen molar-refractivity contribution >= 4 is 5.97 Å². The van der Waals surface area contributed by atoms with Gasteiger partial charge in [-0.1, -0.05) is 36.8 Å². The van der Waals surface area contributed by atoms with Crippen LogP contribution in [0.2, 0.25) is 0 Å². The summed E-state index contributed by atoms with van der Waals surface area (Å²) in [7, 11) is 1.45. The van der Waals surface area contributed by atoms with Gasteiger partial charge in [0.05, 0.1) is 19.3 Å². The van der Waals surface area contributed by atoms with Gasteiger partial charge in [0.1, 0.15) is 12.7 Å². The molecule has 154 valence electrons. The first-order valence-electron chi connectivity index (χ1n) is 8.69. The molecule has 1 N–H and O–H groups in total. The Balaban J connectivity index is 3.07. The van der Waals surface area contributed by atoms with Crippen LogP contribution >= 0.6 is 0 Å². The Morgan fingerprint density at radius 2 is 2.11 bits per heavy atom. The monoisotopic (exact) mass is 392 g/mol. The van der Waals surface area contributed by atoms with E-state index in [9.17, 15) is 18.0 Å². The highest BCUT2D eigenvalue weighted by molar-refractivity contribution is 5.68. The molecule has 1 aliphatic heterocycles. The molecule has 0 bridgehead atoms. The Morgan fingerprint density at radius 1 is 1.41 bits per heavy atom. The summed E-state index contributed by atoms with van der Waals surface area (Å²) >= 11 is 0. The number of halogens is 3. The van der Waals surface area contributed by atoms with Gasteiger partial charge < -0.3 is 19.3 Å². The molecule has 0 aromatic rings. The molecule has 1 rings (SSSR count). The van der Waals surface area contributed by atoms with Crippen molar-refractivity contribution in [2.24, 2.45) is 5.92 Å². The average Bonchev–Trinajstić information content (AvgIpc) is 2.56. The lowest BCUT2D eigenvalue weighted by molar-refractivity contribution is -0.148. The molecule has 8 heteroatoms. The van der Waals surface area contributed by atoms with E-state index in [0.29, 0.717) is 0 Å². The molecule has 5 nitrogen and oxygen atoms in total. The summed E-state index contributed by atoms with van der Waals surface area (Å²) in [5, 5.41) is 8.89. The summed E-state index contributed by atoms with van der Waals surface area (Å²) in [6, 6.07) is 0. The van der Waals surface area contributed by atoms with Gasteiger partial charge in [-0.05, 0) is 19.8 Å². The molecule has 27 heavy (non-hydrogen) atoms. The minimum atomic E-state index is -4.40. The number of carboxylic acid groups (broad SMARTS) is 1. The first-order valence-corrected chi connectivity index (χ1v) is 8.69. The van der Waals surface area contributed by atoms with Crippen molar-refractivity contribution in [1.29, 1.82) is 0 Å². The van der Waals surface area contributed by atoms with Gasteiger partial charge in [-0.2, -0.15) is 13.2 Å². The largest absolute Gasteiger partial charge is 0.480 e. The highest BCUT2D eigenvalue weighted by Gasteiger charge is 2.32. The third-order valence-corrected chi connectivity index (χ3v) is 4.11. The fraction of sp³-hybridized carbons (Fsp3) is 0.632. The second kappa shape index (κ2) is 11.3. The van der Waals surface area contributed by atoms with Crippen LogP contribution in [0.25, 0.3) is 0 Å². The molecular formula is C19H27F3O5. The van der Waals surface area contributed by atoms with Crippen molar-refractivity contribution in [1.82, 2.24) is 0 Å². The molecule has 0 aromatic heterocycles. The van der Waals surface area contributed by atoms with Crippen molar-refractivity contribution in [3.05, 3.63) is 35.5 Å². The molecule has 0 radical (unpaired) electrons. The second-order valence-electron chi connectivity index (χ2n) is 6.45. The van der Waals surface area contributed by atoms with E-state index in [0.717, 1.165) is 11.6 Å². The number of rotatable bonds is 4. The number of methoxy groups -OCH3 is 1. The van der Waals surface area contributed by atoms with Crippen LogP contribution in [-0.2, 0) is 19.0 Å². The van der Waals surface area contributed by atoms with E-state index < -0.39 is 36.5 Å². The quantitative estimate of drug-likeness (QED) is 0.735. The Morgan fingerprint density at radius 3 is 2.70 bits per heavy atom. The van der Waals surface area contributed by atoms with Gasteiger partial charge in [-0.3, -0.25) is 0 Å². The summed E-state index contributed by atoms with van der Waals surface area (Å²) in [5.41, 5.74) is 0.177. The number of allylic oxidation sites excluding steroid dienone is 2. The van der Waals surface area contributed by atoms with Crippen LogP contribution in [0.5, 0.6) is 0 Å². The minimum absolute atomic E-state index is 0.127. The molecule has 0 saturated carbocycles. The molecule has 0 aliphatic carbocycles. The lowest BCUT2D eigenvalue weighted by atomic mass is 9.96. The van der Waals surface area contributed by atoms with Crippen molar-refractivity contribution in [3.8, 4) is 0 Å². The molecular weight excluding hydrogens is 365 g/mol. The van der Waals surface area contributed by atoms with Gasteiger partial charge in [0.15, 0.2) is 0 Å². The highest BCUT2D eigenvalue weighted by Crippen LogP contribution is 2.29. The maximum Gasteiger partial charge on any atom is 0.412 e. The third-order valence-electron chi connectivity index (χ3n) is 4.11. The van der Waals surface area contributed by atoms with Crippen LogP contribution in [0.15, 0.2) is 35.5 Å². The number of ether oxygens (including phenoxy) is 3. The van der Waals surface area contributed by atoms with E-state index in [-0.39, 0.29) is 32.0 Å². The van der Waals surface area contributed by atoms with E-state index in [1.54, 1.807) is 19.1 Å². The Labute approximate surface area is 157 Å². The van der Waals surface area contributed by atoms with Crippen LogP contribution in [0, 0.1) is 5.92 Å². The van der Waals surface area contributed by atoms with Crippen molar-refractivity contribution in [3.63, 3.8) is 0 Å². The van der Waals surface area contributed by atoms with E-state index >= 15 is 0 Å². The molecule has 1 aliphatic rings. The zero-order valence-corrected chi connectivity index (χ0v) is 15.8. The molecule has 1 heterocycles. The van der Waals surface area contributed by atoms with Crippen LogP contribution in [-0.4, -0.2) is 56.4 Å². The van der Waals surface area contributed by atoms with Gasteiger partial charge in [0.25, 0.3) is 0 Å². The van der Waals surface area contributed by atoms with Crippen LogP contribution in [0.3, 0.4) is 0 Å². The van der Waals surface area contributed by atoms with E-state index in [1.807, 2.05) is 13.0 Å². The summed E-state index contributed by atoms with van der Waals surface area (Å²) in [5.74, 6) is -1.30. The van der Waals surface area contributed by atoms with Crippen molar-refractivity contribution in [2.45, 2.75) is 45.1 Å². The van der Waals surface area contributed by atoms with Crippen LogP contribution in [0.1, 0.15) is 26.7 Å². The van der Waals surface area contributed by atoms with Gasteiger partial charge in [0, 0.05) is 18.6 Å². The molecule has 3 atom stereocenters. The first kappa shape index (κ1) is 23.4. The maximum absolute atomic E-state index is 13.1. The predicted molar refractivity (Wildman–Crippen MR) is 94.4 cm³/mol. The zero-order chi connectivity index (χ0) is 20.4. The lowest BCUT2D eigenvalue weighted by Gasteiger charge is -2.28. The lowest BCUT2D eigenvalue weighted by Crippen LogP contribution is -2.36.